The number of benzene rings is 7. The largest absolute Gasteiger partial charge is 0.455 e. The Bertz CT molecular complexity index is 2750. The van der Waals surface area contributed by atoms with Crippen LogP contribution in [0.5, 0.6) is 0 Å². The third-order valence-corrected chi connectivity index (χ3v) is 11.4. The fraction of sp³-hybridized carbons (Fsp3) is 0. The summed E-state index contributed by atoms with van der Waals surface area (Å²) in [5.41, 5.74) is 7.73. The molecule has 216 valence electrons. The molecule has 7 aromatic carbocycles. The average molecular weight is 624 g/mol. The third-order valence-electron chi connectivity index (χ3n) is 9.07. The van der Waals surface area contributed by atoms with Gasteiger partial charge in [-0.2, -0.15) is 0 Å². The summed E-state index contributed by atoms with van der Waals surface area (Å²) in [5.74, 6) is 0. The molecule has 0 radical (unpaired) electrons. The number of hydrogen-bond acceptors (Lipinski definition) is 4. The summed E-state index contributed by atoms with van der Waals surface area (Å²) < 4.78 is 11.7. The van der Waals surface area contributed by atoms with Gasteiger partial charge in [-0.1, -0.05) is 103 Å². The first-order valence-corrected chi connectivity index (χ1v) is 17.1. The Morgan fingerprint density at radius 3 is 1.87 bits per heavy atom. The summed E-state index contributed by atoms with van der Waals surface area (Å²) in [7, 11) is 0. The predicted molar refractivity (Wildman–Crippen MR) is 200 cm³/mol. The molecular weight excluding hydrogens is 599 g/mol. The lowest BCUT2D eigenvalue weighted by molar-refractivity contribution is 0.673. The number of hydrogen-bond donors (Lipinski definition) is 0. The molecule has 10 rings (SSSR count). The van der Waals surface area contributed by atoms with Crippen LogP contribution in [-0.4, -0.2) is 0 Å². The zero-order chi connectivity index (χ0) is 30.2. The van der Waals surface area contributed by atoms with E-state index in [1.807, 2.05) is 22.7 Å². The Labute approximate surface area is 273 Å². The lowest BCUT2D eigenvalue weighted by Gasteiger charge is -2.27. The van der Waals surface area contributed by atoms with Crippen LogP contribution in [0.25, 0.3) is 73.4 Å². The molecule has 2 nitrogen and oxygen atoms in total. The fourth-order valence-corrected chi connectivity index (χ4v) is 9.33. The van der Waals surface area contributed by atoms with Gasteiger partial charge >= 0.3 is 0 Å². The number of nitrogens with zero attached hydrogens (tertiary/aromatic N) is 1. The van der Waals surface area contributed by atoms with Crippen LogP contribution in [0.3, 0.4) is 0 Å². The minimum absolute atomic E-state index is 0.913. The Morgan fingerprint density at radius 2 is 1.07 bits per heavy atom. The normalized spacial score (nSPS) is 11.9. The number of para-hydroxylation sites is 1. The molecule has 0 saturated carbocycles. The number of anilines is 3. The van der Waals surface area contributed by atoms with Crippen molar-refractivity contribution in [3.8, 4) is 11.1 Å². The lowest BCUT2D eigenvalue weighted by atomic mass is 10.0. The Morgan fingerprint density at radius 1 is 0.435 bits per heavy atom. The van der Waals surface area contributed by atoms with Crippen LogP contribution in [0, 0.1) is 0 Å². The van der Waals surface area contributed by atoms with Crippen LogP contribution < -0.4 is 4.90 Å². The van der Waals surface area contributed by atoms with Gasteiger partial charge in [0.2, 0.25) is 0 Å². The van der Waals surface area contributed by atoms with Crippen LogP contribution in [0.1, 0.15) is 0 Å². The van der Waals surface area contributed by atoms with Gasteiger partial charge in [0.1, 0.15) is 11.2 Å². The van der Waals surface area contributed by atoms with E-state index in [0.29, 0.717) is 0 Å². The maximum Gasteiger partial charge on any atom is 0.144 e. The molecule has 46 heavy (non-hydrogen) atoms. The van der Waals surface area contributed by atoms with Gasteiger partial charge in [-0.25, -0.2) is 0 Å². The highest BCUT2D eigenvalue weighted by Gasteiger charge is 2.25. The van der Waals surface area contributed by atoms with Crippen molar-refractivity contribution >= 4 is 102 Å². The maximum absolute atomic E-state index is 6.65. The van der Waals surface area contributed by atoms with Gasteiger partial charge in [0.05, 0.1) is 16.1 Å². The molecule has 0 N–H and O–H groups in total. The van der Waals surface area contributed by atoms with Crippen LogP contribution >= 0.6 is 22.7 Å². The zero-order valence-electron chi connectivity index (χ0n) is 24.6. The molecule has 0 spiro atoms. The van der Waals surface area contributed by atoms with Crippen molar-refractivity contribution in [2.45, 2.75) is 0 Å². The van der Waals surface area contributed by atoms with Gasteiger partial charge in [-0.3, -0.25) is 0 Å². The summed E-state index contributed by atoms with van der Waals surface area (Å²) in [5, 5.41) is 7.24. The van der Waals surface area contributed by atoms with Crippen molar-refractivity contribution < 1.29 is 4.42 Å². The van der Waals surface area contributed by atoms with Gasteiger partial charge in [-0.05, 0) is 59.7 Å². The van der Waals surface area contributed by atoms with E-state index in [1.165, 1.54) is 57.2 Å². The van der Waals surface area contributed by atoms with E-state index in [1.54, 1.807) is 0 Å². The molecule has 0 fully saturated rings. The Kier molecular flexibility index (Phi) is 5.65. The number of furan rings is 1. The maximum atomic E-state index is 6.65. The molecular formula is C42H25NOS2. The first-order chi connectivity index (χ1) is 22.8. The molecule has 0 saturated heterocycles. The monoisotopic (exact) mass is 623 g/mol. The number of rotatable bonds is 4. The molecule has 0 aliphatic heterocycles. The molecule has 0 amide bonds. The smallest absolute Gasteiger partial charge is 0.144 e. The van der Waals surface area contributed by atoms with Gasteiger partial charge in [0, 0.05) is 52.1 Å². The van der Waals surface area contributed by atoms with E-state index in [2.05, 4.69) is 157 Å². The molecule has 0 unspecified atom stereocenters. The van der Waals surface area contributed by atoms with Crippen LogP contribution in [0.15, 0.2) is 156 Å². The van der Waals surface area contributed by atoms with Gasteiger partial charge in [0.25, 0.3) is 0 Å². The fourth-order valence-electron chi connectivity index (χ4n) is 7.00. The highest BCUT2D eigenvalue weighted by molar-refractivity contribution is 7.26. The molecule has 3 heterocycles. The average Bonchev–Trinajstić information content (AvgIpc) is 3.81. The van der Waals surface area contributed by atoms with Gasteiger partial charge < -0.3 is 9.32 Å². The van der Waals surface area contributed by atoms with Crippen molar-refractivity contribution in [2.75, 3.05) is 4.90 Å². The second kappa shape index (κ2) is 10.0. The van der Waals surface area contributed by atoms with E-state index < -0.39 is 0 Å². The Balaban J connectivity index is 1.34. The summed E-state index contributed by atoms with van der Waals surface area (Å²) in [4.78, 5) is 2.48. The molecule has 0 aliphatic rings. The Hall–Kier alpha value is -5.42. The van der Waals surface area contributed by atoms with E-state index in [0.717, 1.165) is 33.3 Å². The highest BCUT2D eigenvalue weighted by Crippen LogP contribution is 2.52. The zero-order valence-corrected chi connectivity index (χ0v) is 26.2. The van der Waals surface area contributed by atoms with Crippen LogP contribution in [-0.2, 0) is 0 Å². The van der Waals surface area contributed by atoms with E-state index in [-0.39, 0.29) is 0 Å². The topological polar surface area (TPSA) is 16.4 Å². The van der Waals surface area contributed by atoms with E-state index >= 15 is 0 Å². The summed E-state index contributed by atoms with van der Waals surface area (Å²) >= 11 is 3.70. The van der Waals surface area contributed by atoms with Crippen LogP contribution in [0.2, 0.25) is 0 Å². The predicted octanol–water partition coefficient (Wildman–Crippen LogP) is 13.5. The standard InChI is InChI=1S/C42H25NOS2/c1-2-11-26(12-3-1)27-21-23-28(24-22-27)43(33-16-10-20-38-39(33)30-14-5-8-18-36(30)45-38)34-25-32-29-13-4-7-17-35(29)44-41(32)40-31-15-6-9-19-37(31)46-42(34)40/h1-25H. The summed E-state index contributed by atoms with van der Waals surface area (Å²) in [6.45, 7) is 0. The van der Waals surface area contributed by atoms with Crippen molar-refractivity contribution in [2.24, 2.45) is 0 Å². The van der Waals surface area contributed by atoms with Crippen molar-refractivity contribution in [3.63, 3.8) is 0 Å². The SMILES string of the molecule is c1ccc(-c2ccc(N(c3cc4c5ccccc5oc4c4c3sc3ccccc34)c3cccc4sc5ccccc5c34)cc2)cc1. The number of fused-ring (bicyclic) bond motifs is 10. The molecule has 3 aromatic heterocycles. The molecule has 4 heteroatoms. The summed E-state index contributed by atoms with van der Waals surface area (Å²) in [6, 6.07) is 54.6. The number of thiophene rings is 2. The first-order valence-electron chi connectivity index (χ1n) is 15.4. The van der Waals surface area contributed by atoms with Crippen molar-refractivity contribution in [1.82, 2.24) is 0 Å². The first kappa shape index (κ1) is 25.9. The lowest BCUT2D eigenvalue weighted by Crippen LogP contribution is -2.10. The van der Waals surface area contributed by atoms with Crippen molar-refractivity contribution in [3.05, 3.63) is 152 Å². The minimum atomic E-state index is 0.913. The van der Waals surface area contributed by atoms with Gasteiger partial charge in [0.15, 0.2) is 0 Å². The van der Waals surface area contributed by atoms with E-state index in [9.17, 15) is 0 Å². The van der Waals surface area contributed by atoms with Crippen LogP contribution in [0.4, 0.5) is 17.1 Å². The summed E-state index contributed by atoms with van der Waals surface area (Å²) in [6.07, 6.45) is 0. The molecule has 0 bridgehead atoms. The van der Waals surface area contributed by atoms with Gasteiger partial charge in [-0.15, -0.1) is 22.7 Å². The van der Waals surface area contributed by atoms with Crippen molar-refractivity contribution in [1.29, 1.82) is 0 Å². The second-order valence-corrected chi connectivity index (χ2v) is 13.8. The second-order valence-electron chi connectivity index (χ2n) is 11.7. The highest BCUT2D eigenvalue weighted by atomic mass is 32.1. The quantitative estimate of drug-likeness (QED) is 0.194. The minimum Gasteiger partial charge on any atom is -0.455 e. The van der Waals surface area contributed by atoms with E-state index in [4.69, 9.17) is 4.42 Å². The molecule has 10 aromatic rings. The molecule has 0 atom stereocenters. The molecule has 0 aliphatic carbocycles. The third kappa shape index (κ3) is 3.81.